The molecule has 0 unspecified atom stereocenters. The maximum absolute atomic E-state index is 14.7. The van der Waals surface area contributed by atoms with Gasteiger partial charge in [0.15, 0.2) is 5.65 Å². The number of hydrogen-bond acceptors (Lipinski definition) is 7. The van der Waals surface area contributed by atoms with Crippen molar-refractivity contribution in [2.45, 2.75) is 44.6 Å². The van der Waals surface area contributed by atoms with Gasteiger partial charge in [-0.15, -0.1) is 0 Å². The number of carbonyl (C=O) groups is 1. The number of rotatable bonds is 8. The number of nitrogens with two attached hydrogens (primary N) is 1. The number of aliphatic hydroxyl groups excluding tert-OH is 1. The number of benzene rings is 1. The fourth-order valence-electron chi connectivity index (χ4n) is 4.64. The van der Waals surface area contributed by atoms with Gasteiger partial charge in [0.2, 0.25) is 17.8 Å². The van der Waals surface area contributed by atoms with Crippen LogP contribution in [-0.2, 0) is 4.79 Å². The van der Waals surface area contributed by atoms with Gasteiger partial charge in [0.05, 0.1) is 23.5 Å². The highest BCUT2D eigenvalue weighted by atomic mass is 35.5. The summed E-state index contributed by atoms with van der Waals surface area (Å²) >= 11 is 12.2. The highest BCUT2D eigenvalue weighted by Gasteiger charge is 2.42. The Balaban J connectivity index is 1.51. The van der Waals surface area contributed by atoms with Crippen LogP contribution in [0.3, 0.4) is 0 Å². The lowest BCUT2D eigenvalue weighted by atomic mass is 9.85. The fraction of sp³-hybridized carbons (Fsp3) is 0.478. The lowest BCUT2D eigenvalue weighted by Crippen LogP contribution is -2.29. The number of nitrogens with one attached hydrogen (secondary N) is 2. The zero-order chi connectivity index (χ0) is 24.7. The number of fused-ring (bicyclic) bond motifs is 1. The van der Waals surface area contributed by atoms with Crippen LogP contribution in [0.15, 0.2) is 18.3 Å². The molecule has 2 aliphatic rings. The second kappa shape index (κ2) is 9.40. The molecule has 2 aromatic heterocycles. The molecule has 3 aromatic rings. The maximum Gasteiger partial charge on any atom is 0.224 e. The summed E-state index contributed by atoms with van der Waals surface area (Å²) in [7, 11) is 0. The van der Waals surface area contributed by atoms with Crippen molar-refractivity contribution in [3.8, 4) is 0 Å². The van der Waals surface area contributed by atoms with Crippen molar-refractivity contribution in [1.82, 2.24) is 19.5 Å². The van der Waals surface area contributed by atoms with Crippen molar-refractivity contribution >= 4 is 57.9 Å². The molecule has 0 saturated heterocycles. The summed E-state index contributed by atoms with van der Waals surface area (Å²) in [6.07, 6.45) is 6.19. The van der Waals surface area contributed by atoms with E-state index in [1.165, 1.54) is 12.1 Å². The van der Waals surface area contributed by atoms with Crippen molar-refractivity contribution in [1.29, 1.82) is 0 Å². The molecule has 0 atom stereocenters. The summed E-state index contributed by atoms with van der Waals surface area (Å²) < 4.78 is 16.6. The van der Waals surface area contributed by atoms with Gasteiger partial charge in [0, 0.05) is 28.9 Å². The highest BCUT2D eigenvalue weighted by molar-refractivity contribution is 6.36. The number of anilines is 3. The molecular weight excluding hydrogens is 496 g/mol. The first-order valence-electron chi connectivity index (χ1n) is 11.6. The van der Waals surface area contributed by atoms with E-state index in [1.807, 2.05) is 4.57 Å². The van der Waals surface area contributed by atoms with Crippen LogP contribution >= 0.6 is 23.2 Å². The number of aromatic nitrogens is 4. The maximum atomic E-state index is 14.7. The van der Waals surface area contributed by atoms with Gasteiger partial charge in [-0.1, -0.05) is 23.2 Å². The predicted octanol–water partition coefficient (Wildman–Crippen LogP) is 4.42. The molecule has 1 aromatic carbocycles. The molecule has 9 nitrogen and oxygen atoms in total. The van der Waals surface area contributed by atoms with Crippen molar-refractivity contribution < 1.29 is 14.3 Å². The number of amides is 1. The Bertz CT molecular complexity index is 1250. The van der Waals surface area contributed by atoms with Crippen LogP contribution < -0.4 is 16.4 Å². The Morgan fingerprint density at radius 1 is 1.23 bits per heavy atom. The number of halogens is 3. The third-order valence-corrected chi connectivity index (χ3v) is 7.57. The van der Waals surface area contributed by atoms with E-state index in [4.69, 9.17) is 33.9 Å². The van der Waals surface area contributed by atoms with Crippen LogP contribution in [0.2, 0.25) is 10.0 Å². The molecule has 5 N–H and O–H groups in total. The van der Waals surface area contributed by atoms with E-state index >= 15 is 0 Å². The van der Waals surface area contributed by atoms with Gasteiger partial charge < -0.3 is 21.5 Å². The second-order valence-electron chi connectivity index (χ2n) is 9.50. The molecule has 35 heavy (non-hydrogen) atoms. The van der Waals surface area contributed by atoms with E-state index in [9.17, 15) is 14.3 Å². The number of imidazole rings is 1. The zero-order valence-corrected chi connectivity index (χ0v) is 20.4. The second-order valence-corrected chi connectivity index (χ2v) is 10.3. The van der Waals surface area contributed by atoms with Crippen molar-refractivity contribution in [2.75, 3.05) is 23.8 Å². The number of aliphatic hydroxyl groups is 1. The van der Waals surface area contributed by atoms with Crippen molar-refractivity contribution in [3.63, 3.8) is 0 Å². The van der Waals surface area contributed by atoms with E-state index < -0.39 is 5.82 Å². The average molecular weight is 522 g/mol. The van der Waals surface area contributed by atoms with Gasteiger partial charge in [-0.25, -0.2) is 14.4 Å². The van der Waals surface area contributed by atoms with Gasteiger partial charge in [-0.05, 0) is 50.7 Å². The molecular formula is C23H26Cl2FN7O2. The summed E-state index contributed by atoms with van der Waals surface area (Å²) in [6, 6.07) is 2.59. The summed E-state index contributed by atoms with van der Waals surface area (Å²) in [5, 5.41) is 16.2. The van der Waals surface area contributed by atoms with Gasteiger partial charge in [-0.2, -0.15) is 4.98 Å². The average Bonchev–Trinajstić information content (AvgIpc) is 3.53. The molecule has 2 heterocycles. The lowest BCUT2D eigenvalue weighted by molar-refractivity contribution is -0.122. The molecule has 0 radical (unpaired) electrons. The van der Waals surface area contributed by atoms with E-state index in [2.05, 4.69) is 20.6 Å². The first-order chi connectivity index (χ1) is 16.8. The highest BCUT2D eigenvalue weighted by Crippen LogP contribution is 2.45. The fourth-order valence-corrected chi connectivity index (χ4v) is 5.15. The van der Waals surface area contributed by atoms with E-state index in [0.29, 0.717) is 55.3 Å². The molecule has 2 saturated carbocycles. The van der Waals surface area contributed by atoms with Crippen LogP contribution in [0.4, 0.5) is 22.0 Å². The smallest absolute Gasteiger partial charge is 0.224 e. The quantitative estimate of drug-likeness (QED) is 0.345. The topological polar surface area (TPSA) is 131 Å². The first-order valence-corrected chi connectivity index (χ1v) is 12.3. The normalized spacial score (nSPS) is 21.1. The van der Waals surface area contributed by atoms with Crippen molar-refractivity contribution in [2.24, 2.45) is 17.1 Å². The molecule has 2 aliphatic carbocycles. The molecule has 0 bridgehead atoms. The zero-order valence-electron chi connectivity index (χ0n) is 18.9. The molecule has 5 rings (SSSR count). The lowest BCUT2D eigenvalue weighted by Gasteiger charge is -2.29. The molecule has 0 spiro atoms. The molecule has 1 amide bonds. The summed E-state index contributed by atoms with van der Waals surface area (Å²) in [5.74, 6) is -0.275. The summed E-state index contributed by atoms with van der Waals surface area (Å²) in [5.41, 5.74) is 6.58. The Morgan fingerprint density at radius 3 is 2.60 bits per heavy atom. The number of nitrogens with zero attached hydrogens (tertiary/aromatic N) is 4. The number of carbonyl (C=O) groups excluding carboxylic acids is 1. The van der Waals surface area contributed by atoms with Crippen LogP contribution in [0.1, 0.15) is 44.6 Å². The largest absolute Gasteiger partial charge is 0.396 e. The van der Waals surface area contributed by atoms with Crippen LogP contribution in [0, 0.1) is 17.2 Å². The van der Waals surface area contributed by atoms with E-state index in [-0.39, 0.29) is 45.6 Å². The molecule has 0 aliphatic heterocycles. The Labute approximate surface area is 211 Å². The van der Waals surface area contributed by atoms with Gasteiger partial charge in [0.25, 0.3) is 0 Å². The summed E-state index contributed by atoms with van der Waals surface area (Å²) in [6.45, 7) is 0.689. The summed E-state index contributed by atoms with van der Waals surface area (Å²) in [4.78, 5) is 25.4. The van der Waals surface area contributed by atoms with Crippen LogP contribution in [-0.4, -0.2) is 43.7 Å². The third-order valence-electron chi connectivity index (χ3n) is 7.05. The minimum Gasteiger partial charge on any atom is -0.396 e. The first kappa shape index (κ1) is 24.0. The number of primary amides is 1. The molecule has 186 valence electrons. The van der Waals surface area contributed by atoms with E-state index in [1.54, 1.807) is 6.20 Å². The molecule has 12 heteroatoms. The minimum atomic E-state index is -0.606. The molecule has 2 fully saturated rings. The third kappa shape index (κ3) is 4.87. The van der Waals surface area contributed by atoms with E-state index in [0.717, 1.165) is 12.8 Å². The minimum absolute atomic E-state index is 0.0396. The van der Waals surface area contributed by atoms with Crippen LogP contribution in [0.25, 0.3) is 11.2 Å². The Kier molecular flexibility index (Phi) is 6.45. The van der Waals surface area contributed by atoms with Crippen LogP contribution in [0.5, 0.6) is 0 Å². The predicted molar refractivity (Wildman–Crippen MR) is 132 cm³/mol. The van der Waals surface area contributed by atoms with Gasteiger partial charge in [0.1, 0.15) is 11.3 Å². The Morgan fingerprint density at radius 2 is 1.97 bits per heavy atom. The van der Waals surface area contributed by atoms with Gasteiger partial charge in [-0.3, -0.25) is 9.36 Å². The standard InChI is InChI=1S/C23H26Cl2FN7O2/c24-13-7-15(25)18(16(26)8-13)31-22-30-17-9-28-21(29-10-23(11-34)5-6-23)32-20(17)33(22)14-3-1-12(2-4-14)19(27)35/h7-9,12,14,34H,1-6,10-11H2,(H2,27,35)(H,30,31)(H,28,29,32)/t12-,14+. The van der Waals surface area contributed by atoms with Gasteiger partial charge >= 0.3 is 0 Å². The SMILES string of the molecule is NC(=O)[C@H]1CC[C@@H](n2c(Nc3c(F)cc(Cl)cc3Cl)nc3cnc(NCC4(CO)CC4)nc32)CC1. The number of hydrogen-bond donors (Lipinski definition) is 4. The van der Waals surface area contributed by atoms with Crippen molar-refractivity contribution in [3.05, 3.63) is 34.2 Å². The Hall–Kier alpha value is -2.69. The monoisotopic (exact) mass is 521 g/mol.